The minimum Gasteiger partial charge on any atom is -0.493 e. The normalized spacial score (nSPS) is 15.9. The summed E-state index contributed by atoms with van der Waals surface area (Å²) in [6, 6.07) is 6.17. The molecule has 0 bridgehead atoms. The van der Waals surface area contributed by atoms with Gasteiger partial charge in [-0.2, -0.15) is 0 Å². The highest BCUT2D eigenvalue weighted by Crippen LogP contribution is 2.28. The SMILES string of the molecule is CN(CC(O)CN)c1ccc2c(c1)CCCO2. The summed E-state index contributed by atoms with van der Waals surface area (Å²) in [5.41, 5.74) is 7.76. The molecule has 1 aliphatic rings. The first-order valence-corrected chi connectivity index (χ1v) is 6.05. The predicted octanol–water partition coefficient (Wildman–Crippen LogP) is 0.767. The lowest BCUT2D eigenvalue weighted by molar-refractivity contribution is 0.189. The minimum absolute atomic E-state index is 0.290. The number of likely N-dealkylation sites (N-methyl/N-ethyl adjacent to an activating group) is 1. The maximum atomic E-state index is 9.54. The number of benzene rings is 1. The van der Waals surface area contributed by atoms with Crippen LogP contribution < -0.4 is 15.4 Å². The van der Waals surface area contributed by atoms with Crippen molar-refractivity contribution in [3.63, 3.8) is 0 Å². The maximum Gasteiger partial charge on any atom is 0.122 e. The number of aliphatic hydroxyl groups is 1. The number of nitrogens with two attached hydrogens (primary N) is 1. The summed E-state index contributed by atoms with van der Waals surface area (Å²) in [6.07, 6.45) is 1.66. The number of aryl methyl sites for hydroxylation is 1. The average Bonchev–Trinajstić information content (AvgIpc) is 2.38. The number of fused-ring (bicyclic) bond motifs is 1. The first-order chi connectivity index (χ1) is 8.20. The lowest BCUT2D eigenvalue weighted by Gasteiger charge is -2.24. The zero-order valence-electron chi connectivity index (χ0n) is 10.2. The van der Waals surface area contributed by atoms with Crippen molar-refractivity contribution >= 4 is 5.69 Å². The van der Waals surface area contributed by atoms with E-state index in [1.165, 1.54) is 5.56 Å². The van der Waals surface area contributed by atoms with Crippen molar-refractivity contribution < 1.29 is 9.84 Å². The van der Waals surface area contributed by atoms with Gasteiger partial charge in [-0.25, -0.2) is 0 Å². The quantitative estimate of drug-likeness (QED) is 0.810. The lowest BCUT2D eigenvalue weighted by Crippen LogP contribution is -2.34. The summed E-state index contributed by atoms with van der Waals surface area (Å²) >= 11 is 0. The highest BCUT2D eigenvalue weighted by Gasteiger charge is 2.13. The van der Waals surface area contributed by atoms with E-state index >= 15 is 0 Å². The van der Waals surface area contributed by atoms with Gasteiger partial charge in [-0.15, -0.1) is 0 Å². The van der Waals surface area contributed by atoms with Gasteiger partial charge in [0.25, 0.3) is 0 Å². The van der Waals surface area contributed by atoms with Gasteiger partial charge < -0.3 is 20.5 Å². The van der Waals surface area contributed by atoms with Crippen LogP contribution in [0.25, 0.3) is 0 Å². The number of aliphatic hydroxyl groups excluding tert-OH is 1. The van der Waals surface area contributed by atoms with E-state index in [1.54, 1.807) is 0 Å². The molecule has 1 heterocycles. The third kappa shape index (κ3) is 2.90. The van der Waals surface area contributed by atoms with Crippen LogP contribution in [0.4, 0.5) is 5.69 Å². The molecule has 1 aromatic rings. The second kappa shape index (κ2) is 5.38. The van der Waals surface area contributed by atoms with Crippen molar-refractivity contribution in [1.82, 2.24) is 0 Å². The fourth-order valence-electron chi connectivity index (χ4n) is 2.08. The van der Waals surface area contributed by atoms with Gasteiger partial charge in [0.1, 0.15) is 5.75 Å². The van der Waals surface area contributed by atoms with E-state index in [4.69, 9.17) is 10.5 Å². The van der Waals surface area contributed by atoms with Gasteiger partial charge in [0.15, 0.2) is 0 Å². The molecule has 1 atom stereocenters. The standard InChI is InChI=1S/C13H20N2O2/c1-15(9-12(16)8-14)11-4-5-13-10(7-11)3-2-6-17-13/h4-5,7,12,16H,2-3,6,8-9,14H2,1H3. The van der Waals surface area contributed by atoms with E-state index in [0.29, 0.717) is 13.1 Å². The van der Waals surface area contributed by atoms with E-state index in [2.05, 4.69) is 6.07 Å². The number of nitrogens with zero attached hydrogens (tertiary/aromatic N) is 1. The van der Waals surface area contributed by atoms with Crippen LogP contribution in [0.3, 0.4) is 0 Å². The van der Waals surface area contributed by atoms with Gasteiger partial charge in [0.05, 0.1) is 12.7 Å². The zero-order chi connectivity index (χ0) is 12.3. The Kier molecular flexibility index (Phi) is 3.86. The summed E-state index contributed by atoms with van der Waals surface area (Å²) in [6.45, 7) is 1.66. The smallest absolute Gasteiger partial charge is 0.122 e. The number of rotatable bonds is 4. The van der Waals surface area contributed by atoms with Crippen LogP contribution in [0.2, 0.25) is 0 Å². The van der Waals surface area contributed by atoms with Gasteiger partial charge in [-0.3, -0.25) is 0 Å². The van der Waals surface area contributed by atoms with Crippen LogP contribution >= 0.6 is 0 Å². The molecule has 4 nitrogen and oxygen atoms in total. The zero-order valence-corrected chi connectivity index (χ0v) is 10.2. The average molecular weight is 236 g/mol. The molecule has 0 fully saturated rings. The monoisotopic (exact) mass is 236 g/mol. The van der Waals surface area contributed by atoms with Crippen LogP contribution in [0, 0.1) is 0 Å². The Labute approximate surface area is 102 Å². The van der Waals surface area contributed by atoms with Crippen molar-refractivity contribution in [2.45, 2.75) is 18.9 Å². The van der Waals surface area contributed by atoms with Crippen LogP contribution in [-0.4, -0.2) is 38.0 Å². The maximum absolute atomic E-state index is 9.54. The molecule has 1 aliphatic heterocycles. The Balaban J connectivity index is 2.10. The molecular formula is C13H20N2O2. The van der Waals surface area contributed by atoms with E-state index in [-0.39, 0.29) is 0 Å². The molecule has 0 spiro atoms. The second-order valence-corrected chi connectivity index (χ2v) is 4.51. The first kappa shape index (κ1) is 12.2. The number of hydrogen-bond donors (Lipinski definition) is 2. The molecule has 2 rings (SSSR count). The van der Waals surface area contributed by atoms with Crippen LogP contribution in [0.1, 0.15) is 12.0 Å². The molecule has 1 unspecified atom stereocenters. The summed E-state index contributed by atoms with van der Waals surface area (Å²) in [7, 11) is 1.96. The van der Waals surface area contributed by atoms with Crippen molar-refractivity contribution in [3.8, 4) is 5.75 Å². The molecule has 4 heteroatoms. The van der Waals surface area contributed by atoms with Crippen molar-refractivity contribution in [1.29, 1.82) is 0 Å². The summed E-state index contributed by atoms with van der Waals surface area (Å²) < 4.78 is 5.57. The van der Waals surface area contributed by atoms with Gasteiger partial charge in [-0.05, 0) is 36.6 Å². The van der Waals surface area contributed by atoms with Crippen molar-refractivity contribution in [2.75, 3.05) is 31.6 Å². The van der Waals surface area contributed by atoms with Gasteiger partial charge >= 0.3 is 0 Å². The Bertz CT molecular complexity index is 382. The number of ether oxygens (including phenoxy) is 1. The third-order valence-electron chi connectivity index (χ3n) is 3.09. The Morgan fingerprint density at radius 2 is 2.35 bits per heavy atom. The highest BCUT2D eigenvalue weighted by molar-refractivity contribution is 5.53. The number of anilines is 1. The van der Waals surface area contributed by atoms with Gasteiger partial charge in [0.2, 0.25) is 0 Å². The number of hydrogen-bond acceptors (Lipinski definition) is 4. The minimum atomic E-state index is -0.479. The van der Waals surface area contributed by atoms with Gasteiger partial charge in [0, 0.05) is 25.8 Å². The molecular weight excluding hydrogens is 216 g/mol. The molecule has 0 aliphatic carbocycles. The molecule has 0 saturated heterocycles. The fraction of sp³-hybridized carbons (Fsp3) is 0.538. The first-order valence-electron chi connectivity index (χ1n) is 6.05. The molecule has 1 aromatic carbocycles. The third-order valence-corrected chi connectivity index (χ3v) is 3.09. The molecule has 0 saturated carbocycles. The summed E-state index contributed by atoms with van der Waals surface area (Å²) in [5, 5.41) is 9.54. The Hall–Kier alpha value is -1.26. The predicted molar refractivity (Wildman–Crippen MR) is 68.6 cm³/mol. The molecule has 0 aromatic heterocycles. The van der Waals surface area contributed by atoms with Crippen molar-refractivity contribution in [3.05, 3.63) is 23.8 Å². The van der Waals surface area contributed by atoms with E-state index < -0.39 is 6.10 Å². The summed E-state index contributed by atoms with van der Waals surface area (Å²) in [4.78, 5) is 2.02. The molecule has 17 heavy (non-hydrogen) atoms. The molecule has 94 valence electrons. The van der Waals surface area contributed by atoms with E-state index in [1.807, 2.05) is 24.1 Å². The van der Waals surface area contributed by atoms with Crippen LogP contribution in [0.5, 0.6) is 5.75 Å². The Morgan fingerprint density at radius 1 is 1.53 bits per heavy atom. The molecule has 3 N–H and O–H groups in total. The second-order valence-electron chi connectivity index (χ2n) is 4.51. The summed E-state index contributed by atoms with van der Waals surface area (Å²) in [5.74, 6) is 0.993. The van der Waals surface area contributed by atoms with Gasteiger partial charge in [-0.1, -0.05) is 0 Å². The van der Waals surface area contributed by atoms with Crippen molar-refractivity contribution in [2.24, 2.45) is 5.73 Å². The van der Waals surface area contributed by atoms with E-state index in [0.717, 1.165) is 30.9 Å². The highest BCUT2D eigenvalue weighted by atomic mass is 16.5. The van der Waals surface area contributed by atoms with E-state index in [9.17, 15) is 5.11 Å². The largest absolute Gasteiger partial charge is 0.493 e. The lowest BCUT2D eigenvalue weighted by atomic mass is 10.1. The molecule has 0 radical (unpaired) electrons. The Morgan fingerprint density at radius 3 is 3.12 bits per heavy atom. The molecule has 0 amide bonds. The topological polar surface area (TPSA) is 58.7 Å². The fourth-order valence-corrected chi connectivity index (χ4v) is 2.08. The van der Waals surface area contributed by atoms with Crippen LogP contribution in [0.15, 0.2) is 18.2 Å². The van der Waals surface area contributed by atoms with Crippen LogP contribution in [-0.2, 0) is 6.42 Å².